The minimum atomic E-state index is 0.611. The van der Waals surface area contributed by atoms with E-state index in [1.807, 2.05) is 0 Å². The molecule has 2 aliphatic carbocycles. The Labute approximate surface area is 125 Å². The maximum Gasteiger partial charge on any atom is 0.00684 e. The highest BCUT2D eigenvalue weighted by Gasteiger charge is 2.36. The molecule has 0 aromatic carbocycles. The van der Waals surface area contributed by atoms with E-state index >= 15 is 0 Å². The van der Waals surface area contributed by atoms with Crippen LogP contribution in [0, 0.1) is 11.3 Å². The van der Waals surface area contributed by atoms with Crippen molar-refractivity contribution >= 4 is 0 Å². The van der Waals surface area contributed by atoms with E-state index in [1.165, 1.54) is 90.4 Å². The second-order valence-corrected chi connectivity index (χ2v) is 7.84. The molecule has 1 heterocycles. The topological polar surface area (TPSA) is 15.3 Å². The molecule has 2 heteroatoms. The molecule has 2 nitrogen and oxygen atoms in total. The Balaban J connectivity index is 1.52. The Bertz CT molecular complexity index is 284. The number of hydrogen-bond acceptors (Lipinski definition) is 2. The normalized spacial score (nSPS) is 28.6. The Morgan fingerprint density at radius 1 is 1.00 bits per heavy atom. The summed E-state index contributed by atoms with van der Waals surface area (Å²) in [7, 11) is 0. The standard InChI is InChI=1S/C18H34N2/c1-2-16-8-12-20(13-9-16)15-18(10-4-3-5-11-18)14-19-17-6-7-17/h16-17,19H,2-15H2,1H3. The summed E-state index contributed by atoms with van der Waals surface area (Å²) < 4.78 is 0. The molecule has 0 spiro atoms. The van der Waals surface area contributed by atoms with Crippen LogP contribution in [0.2, 0.25) is 0 Å². The van der Waals surface area contributed by atoms with Gasteiger partial charge in [0.05, 0.1) is 0 Å². The molecule has 0 aromatic heterocycles. The highest BCUT2D eigenvalue weighted by atomic mass is 15.1. The van der Waals surface area contributed by atoms with E-state index in [4.69, 9.17) is 0 Å². The van der Waals surface area contributed by atoms with Crippen LogP contribution in [0.5, 0.6) is 0 Å². The summed E-state index contributed by atoms with van der Waals surface area (Å²) in [6.07, 6.45) is 14.5. The van der Waals surface area contributed by atoms with Gasteiger partial charge < -0.3 is 10.2 Å². The smallest absolute Gasteiger partial charge is 0.00684 e. The molecule has 0 aromatic rings. The molecule has 0 radical (unpaired) electrons. The van der Waals surface area contributed by atoms with Crippen molar-refractivity contribution in [2.75, 3.05) is 26.2 Å². The Morgan fingerprint density at radius 3 is 2.30 bits per heavy atom. The molecule has 2 saturated carbocycles. The van der Waals surface area contributed by atoms with Crippen molar-refractivity contribution in [1.29, 1.82) is 0 Å². The Hall–Kier alpha value is -0.0800. The first-order valence-corrected chi connectivity index (χ1v) is 9.25. The van der Waals surface area contributed by atoms with Crippen LogP contribution in [0.3, 0.4) is 0 Å². The molecular weight excluding hydrogens is 244 g/mol. The van der Waals surface area contributed by atoms with Crippen LogP contribution in [0.4, 0.5) is 0 Å². The number of nitrogens with one attached hydrogen (secondary N) is 1. The lowest BCUT2D eigenvalue weighted by Gasteiger charge is -2.43. The van der Waals surface area contributed by atoms with Crippen LogP contribution < -0.4 is 5.32 Å². The highest BCUT2D eigenvalue weighted by molar-refractivity contribution is 4.92. The maximum absolute atomic E-state index is 3.85. The predicted octanol–water partition coefficient (Wildman–Crippen LogP) is 3.81. The summed E-state index contributed by atoms with van der Waals surface area (Å²) in [6.45, 7) is 7.77. The van der Waals surface area contributed by atoms with Gasteiger partial charge in [0.1, 0.15) is 0 Å². The molecule has 0 bridgehead atoms. The van der Waals surface area contributed by atoms with Crippen LogP contribution in [-0.4, -0.2) is 37.1 Å². The van der Waals surface area contributed by atoms with Gasteiger partial charge in [-0.15, -0.1) is 0 Å². The van der Waals surface area contributed by atoms with Crippen LogP contribution in [-0.2, 0) is 0 Å². The molecule has 0 atom stereocenters. The summed E-state index contributed by atoms with van der Waals surface area (Å²) >= 11 is 0. The Morgan fingerprint density at radius 2 is 1.70 bits per heavy atom. The fraction of sp³-hybridized carbons (Fsp3) is 1.00. The van der Waals surface area contributed by atoms with Crippen LogP contribution in [0.25, 0.3) is 0 Å². The van der Waals surface area contributed by atoms with Crippen molar-refractivity contribution in [2.24, 2.45) is 11.3 Å². The van der Waals surface area contributed by atoms with E-state index in [-0.39, 0.29) is 0 Å². The summed E-state index contributed by atoms with van der Waals surface area (Å²) in [5.74, 6) is 1.01. The average Bonchev–Trinajstić information content (AvgIpc) is 3.31. The zero-order valence-electron chi connectivity index (χ0n) is 13.5. The molecule has 116 valence electrons. The summed E-state index contributed by atoms with van der Waals surface area (Å²) in [5.41, 5.74) is 0.611. The SMILES string of the molecule is CCC1CCN(CC2(CNC3CC3)CCCCC2)CC1. The molecule has 1 N–H and O–H groups in total. The minimum Gasteiger partial charge on any atom is -0.313 e. The molecule has 1 saturated heterocycles. The third-order valence-corrected chi connectivity index (χ3v) is 6.10. The quantitative estimate of drug-likeness (QED) is 0.795. The second-order valence-electron chi connectivity index (χ2n) is 7.84. The molecule has 3 aliphatic rings. The molecule has 3 rings (SSSR count). The molecule has 0 unspecified atom stereocenters. The van der Waals surface area contributed by atoms with Gasteiger partial charge in [0, 0.05) is 19.1 Å². The van der Waals surface area contributed by atoms with Crippen LogP contribution in [0.15, 0.2) is 0 Å². The van der Waals surface area contributed by atoms with Gasteiger partial charge in [-0.1, -0.05) is 32.6 Å². The second kappa shape index (κ2) is 6.79. The van der Waals surface area contributed by atoms with Gasteiger partial charge in [0.2, 0.25) is 0 Å². The van der Waals surface area contributed by atoms with Crippen molar-refractivity contribution in [3.63, 3.8) is 0 Å². The van der Waals surface area contributed by atoms with E-state index in [2.05, 4.69) is 17.1 Å². The lowest BCUT2D eigenvalue weighted by atomic mass is 9.73. The van der Waals surface area contributed by atoms with E-state index in [0.717, 1.165) is 12.0 Å². The van der Waals surface area contributed by atoms with Crippen molar-refractivity contribution in [3.8, 4) is 0 Å². The zero-order valence-corrected chi connectivity index (χ0v) is 13.5. The molecule has 20 heavy (non-hydrogen) atoms. The van der Waals surface area contributed by atoms with Crippen molar-refractivity contribution < 1.29 is 0 Å². The first kappa shape index (κ1) is 14.8. The van der Waals surface area contributed by atoms with Crippen molar-refractivity contribution in [1.82, 2.24) is 10.2 Å². The van der Waals surface area contributed by atoms with Gasteiger partial charge in [0.25, 0.3) is 0 Å². The summed E-state index contributed by atoms with van der Waals surface area (Å²) in [4.78, 5) is 2.80. The van der Waals surface area contributed by atoms with Gasteiger partial charge in [0.15, 0.2) is 0 Å². The largest absolute Gasteiger partial charge is 0.313 e. The number of nitrogens with zero attached hydrogens (tertiary/aromatic N) is 1. The van der Waals surface area contributed by atoms with Gasteiger partial charge in [-0.25, -0.2) is 0 Å². The monoisotopic (exact) mass is 278 g/mol. The fourth-order valence-electron chi connectivity index (χ4n) is 4.37. The first-order valence-electron chi connectivity index (χ1n) is 9.25. The zero-order chi connectivity index (χ0) is 13.8. The van der Waals surface area contributed by atoms with E-state index in [1.54, 1.807) is 0 Å². The third-order valence-electron chi connectivity index (χ3n) is 6.10. The van der Waals surface area contributed by atoms with Crippen LogP contribution >= 0.6 is 0 Å². The summed E-state index contributed by atoms with van der Waals surface area (Å²) in [6, 6.07) is 0.875. The molecular formula is C18H34N2. The van der Waals surface area contributed by atoms with Crippen molar-refractivity contribution in [2.45, 2.75) is 77.2 Å². The van der Waals surface area contributed by atoms with Gasteiger partial charge in [-0.2, -0.15) is 0 Å². The first-order chi connectivity index (χ1) is 9.80. The number of hydrogen-bond donors (Lipinski definition) is 1. The third kappa shape index (κ3) is 3.98. The predicted molar refractivity (Wildman–Crippen MR) is 86.0 cm³/mol. The lowest BCUT2D eigenvalue weighted by Crippen LogP contribution is -2.48. The molecule has 1 aliphatic heterocycles. The Kier molecular flexibility index (Phi) is 5.04. The van der Waals surface area contributed by atoms with Crippen molar-refractivity contribution in [3.05, 3.63) is 0 Å². The number of piperidine rings is 1. The van der Waals surface area contributed by atoms with Crippen LogP contribution in [0.1, 0.15) is 71.1 Å². The van der Waals surface area contributed by atoms with Gasteiger partial charge in [-0.05, 0) is 62.9 Å². The maximum atomic E-state index is 3.85. The molecule has 0 amide bonds. The lowest BCUT2D eigenvalue weighted by molar-refractivity contribution is 0.0769. The number of likely N-dealkylation sites (tertiary alicyclic amines) is 1. The molecule has 3 fully saturated rings. The van der Waals surface area contributed by atoms with E-state index in [0.29, 0.717) is 5.41 Å². The van der Waals surface area contributed by atoms with Gasteiger partial charge >= 0.3 is 0 Å². The minimum absolute atomic E-state index is 0.611. The average molecular weight is 278 g/mol. The van der Waals surface area contributed by atoms with E-state index < -0.39 is 0 Å². The highest BCUT2D eigenvalue weighted by Crippen LogP contribution is 2.38. The summed E-state index contributed by atoms with van der Waals surface area (Å²) in [5, 5.41) is 3.85. The number of rotatable bonds is 6. The van der Waals surface area contributed by atoms with E-state index in [9.17, 15) is 0 Å². The fourth-order valence-corrected chi connectivity index (χ4v) is 4.37. The van der Waals surface area contributed by atoms with Gasteiger partial charge in [-0.3, -0.25) is 0 Å².